The molecule has 0 aliphatic rings. The summed E-state index contributed by atoms with van der Waals surface area (Å²) in [5, 5.41) is 8.98. The highest BCUT2D eigenvalue weighted by molar-refractivity contribution is 7.89. The van der Waals surface area contributed by atoms with E-state index in [1.807, 2.05) is 0 Å². The molecule has 114 valence electrons. The Hall–Kier alpha value is -1.77. The Balaban J connectivity index is 2.41. The fourth-order valence-electron chi connectivity index (χ4n) is 1.79. The maximum atomic E-state index is 13.8. The van der Waals surface area contributed by atoms with Gasteiger partial charge in [0.1, 0.15) is 4.90 Å². The molecule has 1 aromatic carbocycles. The maximum absolute atomic E-state index is 13.8. The third-order valence-corrected chi connectivity index (χ3v) is 4.71. The van der Waals surface area contributed by atoms with Crippen LogP contribution in [0.15, 0.2) is 40.0 Å². The first kappa shape index (κ1) is 15.6. The van der Waals surface area contributed by atoms with Gasteiger partial charge in [0.05, 0.1) is 19.1 Å². The second kappa shape index (κ2) is 5.92. The molecule has 0 aliphatic heterocycles. The van der Waals surface area contributed by atoms with Crippen molar-refractivity contribution in [3.63, 3.8) is 0 Å². The molecule has 2 rings (SSSR count). The van der Waals surface area contributed by atoms with Crippen LogP contribution in [0.4, 0.5) is 8.78 Å². The van der Waals surface area contributed by atoms with Crippen LogP contribution in [-0.4, -0.2) is 24.9 Å². The molecular weight excluding hydrogens is 304 g/mol. The van der Waals surface area contributed by atoms with Crippen molar-refractivity contribution in [3.05, 3.63) is 53.5 Å². The predicted molar refractivity (Wildman–Crippen MR) is 69.6 cm³/mol. The predicted octanol–water partition coefficient (Wildman–Crippen LogP) is 1.87. The van der Waals surface area contributed by atoms with Crippen molar-refractivity contribution in [3.8, 4) is 0 Å². The lowest BCUT2D eigenvalue weighted by atomic mass is 10.2. The Morgan fingerprint density at radius 1 is 1.29 bits per heavy atom. The summed E-state index contributed by atoms with van der Waals surface area (Å²) in [7, 11) is -2.99. The van der Waals surface area contributed by atoms with Crippen LogP contribution in [0.25, 0.3) is 0 Å². The topological polar surface area (TPSA) is 70.8 Å². The molecule has 1 N–H and O–H groups in total. The number of hydrogen-bond acceptors (Lipinski definition) is 4. The quantitative estimate of drug-likeness (QED) is 0.914. The first-order valence-corrected chi connectivity index (χ1v) is 7.36. The second-order valence-corrected chi connectivity index (χ2v) is 6.45. The molecule has 0 atom stereocenters. The molecule has 1 aromatic heterocycles. The summed E-state index contributed by atoms with van der Waals surface area (Å²) in [6, 6.07) is 3.23. The van der Waals surface area contributed by atoms with Crippen LogP contribution in [0.3, 0.4) is 0 Å². The van der Waals surface area contributed by atoms with Gasteiger partial charge in [-0.05, 0) is 23.8 Å². The standard InChI is InChI=1S/C13H13F2NO4S/c1-16(6-9-2-3-20-8-9)21(18,19)12-5-10(7-17)4-11(14)13(12)15/h2-5,8,17H,6-7H2,1H3. The number of hydrogen-bond donors (Lipinski definition) is 1. The van der Waals surface area contributed by atoms with Gasteiger partial charge in [-0.15, -0.1) is 0 Å². The van der Waals surface area contributed by atoms with Crippen LogP contribution >= 0.6 is 0 Å². The SMILES string of the molecule is CN(Cc1ccoc1)S(=O)(=O)c1cc(CO)cc(F)c1F. The van der Waals surface area contributed by atoms with Gasteiger partial charge < -0.3 is 9.52 Å². The number of furan rings is 1. The zero-order chi connectivity index (χ0) is 15.6. The zero-order valence-electron chi connectivity index (χ0n) is 11.1. The van der Waals surface area contributed by atoms with E-state index in [-0.39, 0.29) is 12.1 Å². The maximum Gasteiger partial charge on any atom is 0.246 e. The van der Waals surface area contributed by atoms with E-state index in [1.54, 1.807) is 6.07 Å². The smallest absolute Gasteiger partial charge is 0.246 e. The number of sulfonamides is 1. The number of halogens is 2. The van der Waals surface area contributed by atoms with E-state index in [0.29, 0.717) is 5.56 Å². The van der Waals surface area contributed by atoms with Gasteiger partial charge in [-0.2, -0.15) is 4.31 Å². The monoisotopic (exact) mass is 317 g/mol. The molecular formula is C13H13F2NO4S. The number of rotatable bonds is 5. The molecule has 0 amide bonds. The van der Waals surface area contributed by atoms with Crippen LogP contribution in [0.2, 0.25) is 0 Å². The van der Waals surface area contributed by atoms with Gasteiger partial charge >= 0.3 is 0 Å². The summed E-state index contributed by atoms with van der Waals surface area (Å²) >= 11 is 0. The van der Waals surface area contributed by atoms with E-state index in [4.69, 9.17) is 9.52 Å². The third kappa shape index (κ3) is 3.12. The molecule has 8 heteroatoms. The Morgan fingerprint density at radius 3 is 2.57 bits per heavy atom. The first-order chi connectivity index (χ1) is 9.86. The van der Waals surface area contributed by atoms with Crippen LogP contribution in [0, 0.1) is 11.6 Å². The Morgan fingerprint density at radius 2 is 2.00 bits per heavy atom. The molecule has 0 spiro atoms. The average Bonchev–Trinajstić information content (AvgIpc) is 2.94. The van der Waals surface area contributed by atoms with Gasteiger partial charge in [0.15, 0.2) is 11.6 Å². The van der Waals surface area contributed by atoms with E-state index in [1.165, 1.54) is 19.6 Å². The number of benzene rings is 1. The van der Waals surface area contributed by atoms with E-state index in [2.05, 4.69) is 0 Å². The molecule has 0 saturated carbocycles. The van der Waals surface area contributed by atoms with Gasteiger partial charge in [-0.3, -0.25) is 0 Å². The van der Waals surface area contributed by atoms with Gasteiger partial charge in [0.2, 0.25) is 10.0 Å². The third-order valence-electron chi connectivity index (χ3n) is 2.91. The Labute approximate surface area is 120 Å². The van der Waals surface area contributed by atoms with Gasteiger partial charge in [0.25, 0.3) is 0 Å². The van der Waals surface area contributed by atoms with Crippen LogP contribution in [0.5, 0.6) is 0 Å². The molecule has 0 saturated heterocycles. The normalized spacial score (nSPS) is 12.0. The van der Waals surface area contributed by atoms with E-state index in [9.17, 15) is 17.2 Å². The Kier molecular flexibility index (Phi) is 4.40. The lowest BCUT2D eigenvalue weighted by Gasteiger charge is -2.17. The van der Waals surface area contributed by atoms with Crippen molar-refractivity contribution in [1.82, 2.24) is 4.31 Å². The summed E-state index contributed by atoms with van der Waals surface area (Å²) in [6.45, 7) is -0.644. The molecule has 0 fully saturated rings. The molecule has 0 radical (unpaired) electrons. The fraction of sp³-hybridized carbons (Fsp3) is 0.231. The second-order valence-electron chi connectivity index (χ2n) is 4.44. The van der Waals surface area contributed by atoms with Crippen molar-refractivity contribution in [2.24, 2.45) is 0 Å². The minimum atomic E-state index is -4.24. The number of aliphatic hydroxyl groups excluding tert-OH is 1. The first-order valence-electron chi connectivity index (χ1n) is 5.92. The molecule has 0 bridgehead atoms. The highest BCUT2D eigenvalue weighted by Crippen LogP contribution is 2.24. The van der Waals surface area contributed by atoms with Gasteiger partial charge in [0, 0.05) is 19.2 Å². The summed E-state index contributed by atoms with van der Waals surface area (Å²) in [5.41, 5.74) is 0.546. The van der Waals surface area contributed by atoms with Crippen LogP contribution in [-0.2, 0) is 23.2 Å². The molecule has 2 aromatic rings. The minimum Gasteiger partial charge on any atom is -0.472 e. The molecule has 0 unspecified atom stereocenters. The average molecular weight is 317 g/mol. The largest absolute Gasteiger partial charge is 0.472 e. The van der Waals surface area contributed by atoms with Crippen LogP contribution < -0.4 is 0 Å². The lowest BCUT2D eigenvalue weighted by Crippen LogP contribution is -2.27. The van der Waals surface area contributed by atoms with E-state index in [0.717, 1.165) is 16.4 Å². The molecule has 5 nitrogen and oxygen atoms in total. The summed E-state index contributed by atoms with van der Waals surface area (Å²) < 4.78 is 57.5. The van der Waals surface area contributed by atoms with Crippen molar-refractivity contribution in [2.45, 2.75) is 18.0 Å². The molecule has 0 aliphatic carbocycles. The van der Waals surface area contributed by atoms with E-state index < -0.39 is 33.2 Å². The zero-order valence-corrected chi connectivity index (χ0v) is 11.9. The molecule has 1 heterocycles. The lowest BCUT2D eigenvalue weighted by molar-refractivity contribution is 0.280. The van der Waals surface area contributed by atoms with Crippen molar-refractivity contribution < 1.29 is 26.7 Å². The van der Waals surface area contributed by atoms with Crippen LogP contribution in [0.1, 0.15) is 11.1 Å². The summed E-state index contributed by atoms with van der Waals surface area (Å²) in [4.78, 5) is -0.808. The van der Waals surface area contributed by atoms with Crippen molar-refractivity contribution in [2.75, 3.05) is 7.05 Å². The number of aliphatic hydroxyl groups is 1. The molecule has 21 heavy (non-hydrogen) atoms. The summed E-state index contributed by atoms with van der Waals surface area (Å²) in [5.74, 6) is -2.79. The fourth-order valence-corrected chi connectivity index (χ4v) is 3.07. The Bertz CT molecular complexity index is 729. The van der Waals surface area contributed by atoms with Crippen molar-refractivity contribution in [1.29, 1.82) is 0 Å². The highest BCUT2D eigenvalue weighted by atomic mass is 32.2. The summed E-state index contributed by atoms with van der Waals surface area (Å²) in [6.07, 6.45) is 2.73. The van der Waals surface area contributed by atoms with Gasteiger partial charge in [-0.1, -0.05) is 0 Å². The minimum absolute atomic E-state index is 0.0239. The van der Waals surface area contributed by atoms with Gasteiger partial charge in [-0.25, -0.2) is 17.2 Å². The van der Waals surface area contributed by atoms with E-state index >= 15 is 0 Å². The van der Waals surface area contributed by atoms with Crippen molar-refractivity contribution >= 4 is 10.0 Å². The highest BCUT2D eigenvalue weighted by Gasteiger charge is 2.27. The number of nitrogens with zero attached hydrogens (tertiary/aromatic N) is 1.